The van der Waals surface area contributed by atoms with E-state index in [9.17, 15) is 9.59 Å². The first kappa shape index (κ1) is 20.0. The standard InChI is InChI=1S/C16H19Cl2N5O3/c1-26-7-6-23-10-12(9-21-23)22-16(25)20-5-4-19-15(24)11-2-3-13(17)14(18)8-11/h2-3,8-10H,4-7H2,1H3,(H,19,24)(H2,20,22,25). The molecule has 1 aromatic carbocycles. The van der Waals surface area contributed by atoms with Gasteiger partial charge in [0.1, 0.15) is 0 Å². The number of carbonyl (C=O) groups excluding carboxylic acids is 2. The summed E-state index contributed by atoms with van der Waals surface area (Å²) in [6.45, 7) is 1.66. The largest absolute Gasteiger partial charge is 0.383 e. The third-order valence-corrected chi connectivity index (χ3v) is 4.03. The van der Waals surface area contributed by atoms with E-state index in [0.29, 0.717) is 34.4 Å². The molecule has 0 radical (unpaired) electrons. The molecule has 26 heavy (non-hydrogen) atoms. The number of nitrogens with one attached hydrogen (secondary N) is 3. The zero-order valence-corrected chi connectivity index (χ0v) is 15.6. The van der Waals surface area contributed by atoms with E-state index < -0.39 is 0 Å². The first-order chi connectivity index (χ1) is 12.5. The van der Waals surface area contributed by atoms with Gasteiger partial charge in [-0.05, 0) is 18.2 Å². The molecule has 0 bridgehead atoms. The normalized spacial score (nSPS) is 10.4. The Morgan fingerprint density at radius 1 is 1.19 bits per heavy atom. The van der Waals surface area contributed by atoms with Gasteiger partial charge in [0.15, 0.2) is 0 Å². The maximum Gasteiger partial charge on any atom is 0.319 e. The van der Waals surface area contributed by atoms with Gasteiger partial charge in [0.05, 0.1) is 35.1 Å². The van der Waals surface area contributed by atoms with E-state index in [1.165, 1.54) is 6.07 Å². The quantitative estimate of drug-likeness (QED) is 0.593. The predicted molar refractivity (Wildman–Crippen MR) is 99.9 cm³/mol. The van der Waals surface area contributed by atoms with Crippen LogP contribution in [0.5, 0.6) is 0 Å². The molecule has 140 valence electrons. The molecule has 0 atom stereocenters. The van der Waals surface area contributed by atoms with Gasteiger partial charge in [0.25, 0.3) is 5.91 Å². The van der Waals surface area contributed by atoms with Gasteiger partial charge in [-0.2, -0.15) is 5.10 Å². The highest BCUT2D eigenvalue weighted by atomic mass is 35.5. The molecular weight excluding hydrogens is 381 g/mol. The molecule has 3 N–H and O–H groups in total. The summed E-state index contributed by atoms with van der Waals surface area (Å²) < 4.78 is 6.62. The van der Waals surface area contributed by atoms with Gasteiger partial charge in [-0.1, -0.05) is 23.2 Å². The van der Waals surface area contributed by atoms with Crippen molar-refractivity contribution < 1.29 is 14.3 Å². The minimum atomic E-state index is -0.389. The molecular formula is C16H19Cl2N5O3. The SMILES string of the molecule is COCCn1cc(NC(=O)NCCNC(=O)c2ccc(Cl)c(Cl)c2)cn1. The average molecular weight is 400 g/mol. The molecule has 1 heterocycles. The van der Waals surface area contributed by atoms with Crippen molar-refractivity contribution in [2.75, 3.05) is 32.1 Å². The van der Waals surface area contributed by atoms with Crippen molar-refractivity contribution in [3.63, 3.8) is 0 Å². The van der Waals surface area contributed by atoms with E-state index in [1.54, 1.807) is 36.3 Å². The van der Waals surface area contributed by atoms with Crippen LogP contribution in [0.2, 0.25) is 10.0 Å². The van der Waals surface area contributed by atoms with Crippen LogP contribution >= 0.6 is 23.2 Å². The lowest BCUT2D eigenvalue weighted by molar-refractivity contribution is 0.0954. The highest BCUT2D eigenvalue weighted by molar-refractivity contribution is 6.42. The fraction of sp³-hybridized carbons (Fsp3) is 0.312. The van der Waals surface area contributed by atoms with Crippen LogP contribution < -0.4 is 16.0 Å². The van der Waals surface area contributed by atoms with Gasteiger partial charge in [-0.15, -0.1) is 0 Å². The number of amides is 3. The molecule has 8 nitrogen and oxygen atoms in total. The lowest BCUT2D eigenvalue weighted by Crippen LogP contribution is -2.36. The highest BCUT2D eigenvalue weighted by Crippen LogP contribution is 2.22. The first-order valence-corrected chi connectivity index (χ1v) is 8.54. The first-order valence-electron chi connectivity index (χ1n) is 7.79. The molecule has 0 saturated carbocycles. The molecule has 0 aliphatic carbocycles. The lowest BCUT2D eigenvalue weighted by atomic mass is 10.2. The van der Waals surface area contributed by atoms with Crippen LogP contribution in [0, 0.1) is 0 Å². The number of nitrogens with zero attached hydrogens (tertiary/aromatic N) is 2. The number of carbonyl (C=O) groups is 2. The van der Waals surface area contributed by atoms with Crippen LogP contribution in [-0.2, 0) is 11.3 Å². The molecule has 0 spiro atoms. The van der Waals surface area contributed by atoms with E-state index in [2.05, 4.69) is 21.0 Å². The van der Waals surface area contributed by atoms with Crippen LogP contribution in [-0.4, -0.2) is 48.5 Å². The fourth-order valence-electron chi connectivity index (χ4n) is 2.00. The Balaban J connectivity index is 1.68. The van der Waals surface area contributed by atoms with Crippen molar-refractivity contribution in [3.8, 4) is 0 Å². The summed E-state index contributed by atoms with van der Waals surface area (Å²) in [7, 11) is 1.61. The summed E-state index contributed by atoms with van der Waals surface area (Å²) in [6.07, 6.45) is 3.24. The molecule has 1 aromatic heterocycles. The number of hydrogen-bond donors (Lipinski definition) is 3. The summed E-state index contributed by atoms with van der Waals surface area (Å²) >= 11 is 11.7. The van der Waals surface area contributed by atoms with Gasteiger partial charge < -0.3 is 20.7 Å². The topological polar surface area (TPSA) is 97.3 Å². The second kappa shape index (κ2) is 10.0. The Bertz CT molecular complexity index is 766. The van der Waals surface area contributed by atoms with Crippen molar-refractivity contribution in [1.82, 2.24) is 20.4 Å². The number of rotatable bonds is 8. The smallest absolute Gasteiger partial charge is 0.319 e. The number of hydrogen-bond acceptors (Lipinski definition) is 4. The summed E-state index contributed by atoms with van der Waals surface area (Å²) in [6, 6.07) is 4.23. The number of anilines is 1. The number of halogens is 2. The summed E-state index contributed by atoms with van der Waals surface area (Å²) in [4.78, 5) is 23.8. The van der Waals surface area contributed by atoms with Crippen molar-refractivity contribution in [2.45, 2.75) is 6.54 Å². The van der Waals surface area contributed by atoms with Crippen molar-refractivity contribution in [2.24, 2.45) is 0 Å². The van der Waals surface area contributed by atoms with Crippen molar-refractivity contribution in [1.29, 1.82) is 0 Å². The number of aromatic nitrogens is 2. The maximum absolute atomic E-state index is 12.0. The van der Waals surface area contributed by atoms with Crippen LogP contribution in [0.3, 0.4) is 0 Å². The minimum absolute atomic E-state index is 0.261. The van der Waals surface area contributed by atoms with Gasteiger partial charge in [-0.25, -0.2) is 4.79 Å². The van der Waals surface area contributed by atoms with E-state index in [0.717, 1.165) is 0 Å². The van der Waals surface area contributed by atoms with Gasteiger partial charge >= 0.3 is 6.03 Å². The zero-order valence-electron chi connectivity index (χ0n) is 14.1. The van der Waals surface area contributed by atoms with Crippen molar-refractivity contribution >= 4 is 40.8 Å². The highest BCUT2D eigenvalue weighted by Gasteiger charge is 2.08. The van der Waals surface area contributed by atoms with E-state index >= 15 is 0 Å². The Hall–Kier alpha value is -2.29. The van der Waals surface area contributed by atoms with Gasteiger partial charge in [-0.3, -0.25) is 9.48 Å². The van der Waals surface area contributed by atoms with E-state index in [-0.39, 0.29) is 25.0 Å². The number of methoxy groups -OCH3 is 1. The molecule has 2 aromatic rings. The Morgan fingerprint density at radius 3 is 2.69 bits per heavy atom. The second-order valence-electron chi connectivity index (χ2n) is 5.25. The van der Waals surface area contributed by atoms with Crippen LogP contribution in [0.4, 0.5) is 10.5 Å². The molecule has 0 saturated heterocycles. The number of ether oxygens (including phenoxy) is 1. The monoisotopic (exact) mass is 399 g/mol. The van der Waals surface area contributed by atoms with Crippen molar-refractivity contribution in [3.05, 3.63) is 46.2 Å². The van der Waals surface area contributed by atoms with E-state index in [1.807, 2.05) is 0 Å². The third kappa shape index (κ3) is 6.21. The van der Waals surface area contributed by atoms with Crippen LogP contribution in [0.1, 0.15) is 10.4 Å². The van der Waals surface area contributed by atoms with Gasteiger partial charge in [0.2, 0.25) is 0 Å². The van der Waals surface area contributed by atoms with E-state index in [4.69, 9.17) is 27.9 Å². The molecule has 0 fully saturated rings. The molecule has 3 amide bonds. The summed E-state index contributed by atoms with van der Waals surface area (Å²) in [5, 5.41) is 12.7. The molecule has 0 aliphatic heterocycles. The van der Waals surface area contributed by atoms with Gasteiger partial charge in [0, 0.05) is 32.0 Å². The summed E-state index contributed by atoms with van der Waals surface area (Å²) in [5.74, 6) is -0.301. The Labute approximate surface area is 160 Å². The predicted octanol–water partition coefficient (Wildman–Crippen LogP) is 2.39. The summed E-state index contributed by atoms with van der Waals surface area (Å²) in [5.41, 5.74) is 0.964. The second-order valence-corrected chi connectivity index (χ2v) is 6.06. The van der Waals surface area contributed by atoms with Crippen LogP contribution in [0.25, 0.3) is 0 Å². The molecule has 2 rings (SSSR count). The minimum Gasteiger partial charge on any atom is -0.383 e. The molecule has 10 heteroatoms. The Kier molecular flexibility index (Phi) is 7.71. The number of benzene rings is 1. The van der Waals surface area contributed by atoms with Crippen LogP contribution in [0.15, 0.2) is 30.6 Å². The maximum atomic E-state index is 12.0. The fourth-order valence-corrected chi connectivity index (χ4v) is 2.30. The zero-order chi connectivity index (χ0) is 18.9. The molecule has 0 aliphatic rings. The Morgan fingerprint density at radius 2 is 1.96 bits per heavy atom. The lowest BCUT2D eigenvalue weighted by Gasteiger charge is -2.08. The number of urea groups is 1. The molecule has 0 unspecified atom stereocenters. The third-order valence-electron chi connectivity index (χ3n) is 3.29. The average Bonchev–Trinajstić information content (AvgIpc) is 3.06.